The zero-order chi connectivity index (χ0) is 14.7. The number of benzene rings is 1. The van der Waals surface area contributed by atoms with Crippen molar-refractivity contribution in [3.63, 3.8) is 0 Å². The van der Waals surface area contributed by atoms with Gasteiger partial charge in [0.25, 0.3) is 0 Å². The molecule has 0 aliphatic heterocycles. The van der Waals surface area contributed by atoms with E-state index < -0.39 is 0 Å². The average molecular weight is 282 g/mol. The second-order valence-corrected chi connectivity index (χ2v) is 6.64. The Balaban J connectivity index is 1.91. The number of nitrogens with one attached hydrogen (secondary N) is 1. The van der Waals surface area contributed by atoms with E-state index in [4.69, 9.17) is 0 Å². The highest BCUT2D eigenvalue weighted by atomic mass is 14.9. The van der Waals surface area contributed by atoms with Crippen molar-refractivity contribution in [3.05, 3.63) is 42.1 Å². The predicted molar refractivity (Wildman–Crippen MR) is 89.6 cm³/mol. The molecular weight excluding hydrogens is 256 g/mol. The van der Waals surface area contributed by atoms with Crippen molar-refractivity contribution < 1.29 is 0 Å². The Bertz CT molecular complexity index is 586. The molecule has 1 saturated carbocycles. The molecule has 2 aromatic rings. The SMILES string of the molecule is CC(C)NCC1CCCCC1c1cccc2cccnc12. The number of fused-ring (bicyclic) bond motifs is 1. The maximum Gasteiger partial charge on any atom is 0.0736 e. The monoisotopic (exact) mass is 282 g/mol. The fourth-order valence-electron chi connectivity index (χ4n) is 3.68. The van der Waals surface area contributed by atoms with Gasteiger partial charge in [-0.3, -0.25) is 4.98 Å². The van der Waals surface area contributed by atoms with Crippen LogP contribution < -0.4 is 5.32 Å². The molecule has 1 aromatic heterocycles. The molecule has 2 nitrogen and oxygen atoms in total. The lowest BCUT2D eigenvalue weighted by atomic mass is 9.75. The summed E-state index contributed by atoms with van der Waals surface area (Å²) in [6.07, 6.45) is 7.30. The molecule has 2 atom stereocenters. The highest BCUT2D eigenvalue weighted by Gasteiger charge is 2.27. The van der Waals surface area contributed by atoms with Crippen LogP contribution in [-0.4, -0.2) is 17.6 Å². The predicted octanol–water partition coefficient (Wildman–Crippen LogP) is 4.51. The van der Waals surface area contributed by atoms with Crippen LogP contribution >= 0.6 is 0 Å². The standard InChI is InChI=1S/C19H26N2/c1-14(2)21-13-16-7-3-4-10-17(16)18-11-5-8-15-9-6-12-20-19(15)18/h5-6,8-9,11-12,14,16-17,21H,3-4,7,10,13H2,1-2H3. The first-order chi connectivity index (χ1) is 10.3. The van der Waals surface area contributed by atoms with Gasteiger partial charge in [-0.25, -0.2) is 0 Å². The van der Waals surface area contributed by atoms with E-state index in [2.05, 4.69) is 48.4 Å². The van der Waals surface area contributed by atoms with Gasteiger partial charge in [0.2, 0.25) is 0 Å². The number of hydrogen-bond donors (Lipinski definition) is 1. The Hall–Kier alpha value is -1.41. The summed E-state index contributed by atoms with van der Waals surface area (Å²) in [4.78, 5) is 4.67. The Morgan fingerprint density at radius 1 is 1.14 bits per heavy atom. The number of hydrogen-bond acceptors (Lipinski definition) is 2. The van der Waals surface area contributed by atoms with Gasteiger partial charge in [0.15, 0.2) is 0 Å². The third-order valence-electron chi connectivity index (χ3n) is 4.76. The molecule has 1 aliphatic carbocycles. The van der Waals surface area contributed by atoms with Crippen molar-refractivity contribution in [1.82, 2.24) is 10.3 Å². The number of rotatable bonds is 4. The van der Waals surface area contributed by atoms with Crippen LogP contribution in [0.3, 0.4) is 0 Å². The van der Waals surface area contributed by atoms with Gasteiger partial charge in [-0.2, -0.15) is 0 Å². The number of pyridine rings is 1. The summed E-state index contributed by atoms with van der Waals surface area (Å²) in [6.45, 7) is 5.60. The maximum absolute atomic E-state index is 4.67. The molecule has 2 heteroatoms. The zero-order valence-corrected chi connectivity index (χ0v) is 13.2. The van der Waals surface area contributed by atoms with Crippen LogP contribution in [0, 0.1) is 5.92 Å². The summed E-state index contributed by atoms with van der Waals surface area (Å²) in [5.74, 6) is 1.40. The summed E-state index contributed by atoms with van der Waals surface area (Å²) >= 11 is 0. The maximum atomic E-state index is 4.67. The molecule has 1 N–H and O–H groups in total. The van der Waals surface area contributed by atoms with Crippen molar-refractivity contribution in [2.45, 2.75) is 51.5 Å². The lowest BCUT2D eigenvalue weighted by Crippen LogP contribution is -2.33. The fourth-order valence-corrected chi connectivity index (χ4v) is 3.68. The Kier molecular flexibility index (Phi) is 4.54. The van der Waals surface area contributed by atoms with Crippen LogP contribution in [0.2, 0.25) is 0 Å². The van der Waals surface area contributed by atoms with E-state index in [0.29, 0.717) is 12.0 Å². The number of para-hydroxylation sites is 1. The molecule has 1 fully saturated rings. The van der Waals surface area contributed by atoms with E-state index in [9.17, 15) is 0 Å². The van der Waals surface area contributed by atoms with E-state index in [1.54, 1.807) is 0 Å². The largest absolute Gasteiger partial charge is 0.314 e. The molecule has 0 radical (unpaired) electrons. The van der Waals surface area contributed by atoms with Crippen LogP contribution in [0.5, 0.6) is 0 Å². The van der Waals surface area contributed by atoms with Gasteiger partial charge in [-0.1, -0.05) is 51.0 Å². The Labute approximate surface area is 128 Å². The van der Waals surface area contributed by atoms with Crippen molar-refractivity contribution in [3.8, 4) is 0 Å². The molecule has 1 aliphatic rings. The Morgan fingerprint density at radius 2 is 1.95 bits per heavy atom. The second kappa shape index (κ2) is 6.57. The molecule has 0 amide bonds. The first kappa shape index (κ1) is 14.5. The van der Waals surface area contributed by atoms with Gasteiger partial charge < -0.3 is 5.32 Å². The van der Waals surface area contributed by atoms with E-state index in [0.717, 1.165) is 12.5 Å². The van der Waals surface area contributed by atoms with E-state index >= 15 is 0 Å². The molecule has 1 heterocycles. The summed E-state index contributed by atoms with van der Waals surface area (Å²) in [6, 6.07) is 11.4. The van der Waals surface area contributed by atoms with Crippen LogP contribution in [0.25, 0.3) is 10.9 Å². The Morgan fingerprint density at radius 3 is 2.81 bits per heavy atom. The van der Waals surface area contributed by atoms with Gasteiger partial charge in [-0.15, -0.1) is 0 Å². The summed E-state index contributed by atoms with van der Waals surface area (Å²) in [7, 11) is 0. The zero-order valence-electron chi connectivity index (χ0n) is 13.2. The lowest BCUT2D eigenvalue weighted by Gasteiger charge is -2.33. The van der Waals surface area contributed by atoms with E-state index in [1.165, 1.54) is 42.1 Å². The minimum absolute atomic E-state index is 0.568. The minimum Gasteiger partial charge on any atom is -0.314 e. The van der Waals surface area contributed by atoms with Crippen molar-refractivity contribution in [2.24, 2.45) is 5.92 Å². The third-order valence-corrected chi connectivity index (χ3v) is 4.76. The highest BCUT2D eigenvalue weighted by Crippen LogP contribution is 2.39. The van der Waals surface area contributed by atoms with Crippen LogP contribution in [0.1, 0.15) is 51.0 Å². The molecule has 1 aromatic carbocycles. The lowest BCUT2D eigenvalue weighted by molar-refractivity contribution is 0.290. The van der Waals surface area contributed by atoms with Crippen molar-refractivity contribution in [2.75, 3.05) is 6.54 Å². The van der Waals surface area contributed by atoms with Gasteiger partial charge in [0.1, 0.15) is 0 Å². The molecule has 2 unspecified atom stereocenters. The highest BCUT2D eigenvalue weighted by molar-refractivity contribution is 5.82. The number of aromatic nitrogens is 1. The second-order valence-electron chi connectivity index (χ2n) is 6.64. The summed E-state index contributed by atoms with van der Waals surface area (Å²) in [5.41, 5.74) is 2.67. The van der Waals surface area contributed by atoms with Crippen molar-refractivity contribution in [1.29, 1.82) is 0 Å². The van der Waals surface area contributed by atoms with Gasteiger partial charge in [0, 0.05) is 17.6 Å². The van der Waals surface area contributed by atoms with Crippen LogP contribution in [-0.2, 0) is 0 Å². The van der Waals surface area contributed by atoms with E-state index in [1.807, 2.05) is 12.3 Å². The third kappa shape index (κ3) is 3.26. The van der Waals surface area contributed by atoms with Crippen molar-refractivity contribution >= 4 is 10.9 Å². The fraction of sp³-hybridized carbons (Fsp3) is 0.526. The first-order valence-corrected chi connectivity index (χ1v) is 8.32. The van der Waals surface area contributed by atoms with Crippen LogP contribution in [0.15, 0.2) is 36.5 Å². The quantitative estimate of drug-likeness (QED) is 0.892. The van der Waals surface area contributed by atoms with Gasteiger partial charge in [-0.05, 0) is 42.9 Å². The molecule has 0 bridgehead atoms. The van der Waals surface area contributed by atoms with Crippen LogP contribution in [0.4, 0.5) is 0 Å². The molecule has 0 spiro atoms. The topological polar surface area (TPSA) is 24.9 Å². The molecule has 21 heavy (non-hydrogen) atoms. The summed E-state index contributed by atoms with van der Waals surface area (Å²) in [5, 5.41) is 4.92. The molecular formula is C19H26N2. The summed E-state index contributed by atoms with van der Waals surface area (Å²) < 4.78 is 0. The molecule has 0 saturated heterocycles. The van der Waals surface area contributed by atoms with Gasteiger partial charge in [0.05, 0.1) is 5.52 Å². The average Bonchev–Trinajstić information content (AvgIpc) is 2.53. The molecule has 3 rings (SSSR count). The van der Waals surface area contributed by atoms with E-state index in [-0.39, 0.29) is 0 Å². The smallest absolute Gasteiger partial charge is 0.0736 e. The number of nitrogens with zero attached hydrogens (tertiary/aromatic N) is 1. The van der Waals surface area contributed by atoms with Gasteiger partial charge >= 0.3 is 0 Å². The normalized spacial score (nSPS) is 22.8. The minimum atomic E-state index is 0.568. The molecule has 112 valence electrons. The first-order valence-electron chi connectivity index (χ1n) is 8.32.